The number of hydrogen-bond donors (Lipinski definition) is 3. The van der Waals surface area contributed by atoms with Gasteiger partial charge in [0.2, 0.25) is 5.43 Å². The van der Waals surface area contributed by atoms with Gasteiger partial charge in [0.25, 0.3) is 5.91 Å². The highest BCUT2D eigenvalue weighted by Crippen LogP contribution is 2.12. The van der Waals surface area contributed by atoms with Crippen LogP contribution in [0.1, 0.15) is 21.6 Å². The van der Waals surface area contributed by atoms with Gasteiger partial charge in [-0.2, -0.15) is 0 Å². The third kappa shape index (κ3) is 1.78. The van der Waals surface area contributed by atoms with Gasteiger partial charge in [0.1, 0.15) is 11.2 Å². The summed E-state index contributed by atoms with van der Waals surface area (Å²) >= 11 is 0. The first kappa shape index (κ1) is 11.3. The first-order valence-corrected chi connectivity index (χ1v) is 5.05. The quantitative estimate of drug-likeness (QED) is 0.370. The van der Waals surface area contributed by atoms with E-state index in [1.54, 1.807) is 13.0 Å². The Kier molecular flexibility index (Phi) is 2.64. The van der Waals surface area contributed by atoms with Crippen molar-refractivity contribution in [3.8, 4) is 0 Å². The van der Waals surface area contributed by atoms with E-state index in [1.165, 1.54) is 6.20 Å². The zero-order valence-electron chi connectivity index (χ0n) is 9.50. The van der Waals surface area contributed by atoms with E-state index >= 15 is 0 Å². The van der Waals surface area contributed by atoms with Crippen LogP contribution in [0.3, 0.4) is 0 Å². The molecule has 17 heavy (non-hydrogen) atoms. The molecule has 0 aliphatic rings. The number of nitrogens with zero attached hydrogens (tertiary/aromatic N) is 1. The van der Waals surface area contributed by atoms with Gasteiger partial charge in [0.05, 0.1) is 5.39 Å². The molecule has 2 heterocycles. The third-order valence-electron chi connectivity index (χ3n) is 2.55. The summed E-state index contributed by atoms with van der Waals surface area (Å²) < 4.78 is 0. The van der Waals surface area contributed by atoms with Crippen molar-refractivity contribution in [2.24, 2.45) is 5.84 Å². The Morgan fingerprint density at radius 3 is 2.82 bits per heavy atom. The Morgan fingerprint density at radius 1 is 1.47 bits per heavy atom. The van der Waals surface area contributed by atoms with E-state index in [4.69, 9.17) is 5.84 Å². The minimum atomic E-state index is -0.617. The zero-order chi connectivity index (χ0) is 12.6. The average molecular weight is 232 g/mol. The predicted octanol–water partition coefficient (Wildman–Crippen LogP) is 0.143. The number of fused-ring (bicyclic) bond motifs is 1. The summed E-state index contributed by atoms with van der Waals surface area (Å²) in [5.41, 5.74) is 3.61. The van der Waals surface area contributed by atoms with Crippen LogP contribution in [0.5, 0.6) is 0 Å². The molecule has 4 N–H and O–H groups in total. The number of carbonyl (C=O) groups excluding carboxylic acids is 1. The first-order valence-electron chi connectivity index (χ1n) is 5.05. The fraction of sp³-hybridized carbons (Fsp3) is 0.182. The smallest absolute Gasteiger partial charge is 0.270 e. The monoisotopic (exact) mass is 232 g/mol. The minimum Gasteiger partial charge on any atom is -0.345 e. The number of pyridine rings is 2. The van der Waals surface area contributed by atoms with E-state index in [0.29, 0.717) is 11.0 Å². The van der Waals surface area contributed by atoms with Gasteiger partial charge in [0.15, 0.2) is 0 Å². The molecule has 0 saturated heterocycles. The van der Waals surface area contributed by atoms with Crippen molar-refractivity contribution >= 4 is 16.9 Å². The molecule has 0 aliphatic carbocycles. The maximum Gasteiger partial charge on any atom is 0.270 e. The highest BCUT2D eigenvalue weighted by Gasteiger charge is 2.13. The Hall–Kier alpha value is -2.21. The van der Waals surface area contributed by atoms with Gasteiger partial charge in [-0.1, -0.05) is 0 Å². The predicted molar refractivity (Wildman–Crippen MR) is 63.5 cm³/mol. The molecule has 0 fully saturated rings. The molecule has 2 aromatic heterocycles. The molecule has 0 radical (unpaired) electrons. The number of aryl methyl sites for hydroxylation is 2. The van der Waals surface area contributed by atoms with Crippen molar-refractivity contribution in [3.63, 3.8) is 0 Å². The van der Waals surface area contributed by atoms with Crippen molar-refractivity contribution in [3.05, 3.63) is 39.3 Å². The van der Waals surface area contributed by atoms with E-state index in [-0.39, 0.29) is 11.0 Å². The van der Waals surface area contributed by atoms with Crippen LogP contribution in [0.15, 0.2) is 17.1 Å². The van der Waals surface area contributed by atoms with Crippen LogP contribution in [0.4, 0.5) is 0 Å². The van der Waals surface area contributed by atoms with E-state index in [9.17, 15) is 9.59 Å². The highest BCUT2D eigenvalue weighted by atomic mass is 16.2. The topological polar surface area (TPSA) is 101 Å². The number of rotatable bonds is 1. The molecule has 6 nitrogen and oxygen atoms in total. The molecule has 0 aliphatic heterocycles. The summed E-state index contributed by atoms with van der Waals surface area (Å²) in [4.78, 5) is 30.5. The van der Waals surface area contributed by atoms with Crippen LogP contribution >= 0.6 is 0 Å². The molecule has 88 valence electrons. The summed E-state index contributed by atoms with van der Waals surface area (Å²) in [6, 6.07) is 1.79. The molecule has 0 spiro atoms. The number of aromatic nitrogens is 2. The van der Waals surface area contributed by atoms with Gasteiger partial charge in [-0.25, -0.2) is 10.8 Å². The van der Waals surface area contributed by atoms with Gasteiger partial charge in [0, 0.05) is 11.9 Å². The second-order valence-electron chi connectivity index (χ2n) is 3.81. The lowest BCUT2D eigenvalue weighted by Crippen LogP contribution is -2.34. The number of nitrogens with one attached hydrogen (secondary N) is 2. The van der Waals surface area contributed by atoms with Crippen LogP contribution in [0.25, 0.3) is 11.0 Å². The molecule has 6 heteroatoms. The number of hydrogen-bond acceptors (Lipinski definition) is 4. The van der Waals surface area contributed by atoms with E-state index in [0.717, 1.165) is 11.3 Å². The number of amides is 1. The minimum absolute atomic E-state index is 0.0197. The number of H-pyrrole nitrogens is 1. The maximum absolute atomic E-state index is 12.1. The molecule has 0 bridgehead atoms. The number of aromatic amines is 1. The van der Waals surface area contributed by atoms with Crippen LogP contribution in [-0.2, 0) is 0 Å². The molecular weight excluding hydrogens is 220 g/mol. The first-order chi connectivity index (χ1) is 8.04. The van der Waals surface area contributed by atoms with Gasteiger partial charge in [-0.3, -0.25) is 15.0 Å². The molecule has 0 unspecified atom stereocenters. The second-order valence-corrected chi connectivity index (χ2v) is 3.81. The fourth-order valence-electron chi connectivity index (χ4n) is 1.82. The Balaban J connectivity index is 2.85. The van der Waals surface area contributed by atoms with E-state index < -0.39 is 5.91 Å². The normalized spacial score (nSPS) is 10.5. The highest BCUT2D eigenvalue weighted by molar-refractivity contribution is 5.96. The van der Waals surface area contributed by atoms with E-state index in [1.807, 2.05) is 12.3 Å². The molecule has 0 atom stereocenters. The zero-order valence-corrected chi connectivity index (χ0v) is 9.50. The molecule has 1 amide bonds. The maximum atomic E-state index is 12.1. The van der Waals surface area contributed by atoms with Crippen LogP contribution in [0, 0.1) is 13.8 Å². The Bertz CT molecular complexity index is 660. The van der Waals surface area contributed by atoms with Gasteiger partial charge >= 0.3 is 0 Å². The lowest BCUT2D eigenvalue weighted by molar-refractivity contribution is 0.0952. The van der Waals surface area contributed by atoms with Crippen LogP contribution < -0.4 is 16.7 Å². The summed E-state index contributed by atoms with van der Waals surface area (Å²) in [5, 5.41) is 0.414. The third-order valence-corrected chi connectivity index (χ3v) is 2.55. The van der Waals surface area contributed by atoms with Crippen LogP contribution in [-0.4, -0.2) is 15.9 Å². The molecule has 2 aromatic rings. The average Bonchev–Trinajstić information content (AvgIpc) is 2.27. The SMILES string of the molecule is Cc1cc(C)c2c(=O)c(C(=O)NN)c[nH]c2n1. The summed E-state index contributed by atoms with van der Waals surface area (Å²) in [6.45, 7) is 3.64. The van der Waals surface area contributed by atoms with Crippen molar-refractivity contribution in [2.75, 3.05) is 0 Å². The van der Waals surface area contributed by atoms with Gasteiger partial charge in [-0.05, 0) is 25.5 Å². The van der Waals surface area contributed by atoms with Crippen molar-refractivity contribution in [1.82, 2.24) is 15.4 Å². The van der Waals surface area contributed by atoms with Crippen LogP contribution in [0.2, 0.25) is 0 Å². The number of nitrogens with two attached hydrogens (primary N) is 1. The lowest BCUT2D eigenvalue weighted by atomic mass is 10.1. The second kappa shape index (κ2) is 3.99. The lowest BCUT2D eigenvalue weighted by Gasteiger charge is -2.05. The molecule has 0 aromatic carbocycles. The summed E-state index contributed by atoms with van der Waals surface area (Å²) in [5.74, 6) is 4.39. The van der Waals surface area contributed by atoms with Crippen molar-refractivity contribution in [2.45, 2.75) is 13.8 Å². The molecule has 0 saturated carbocycles. The summed E-state index contributed by atoms with van der Waals surface area (Å²) in [7, 11) is 0. The molecule has 2 rings (SSSR count). The van der Waals surface area contributed by atoms with Gasteiger partial charge in [-0.15, -0.1) is 0 Å². The van der Waals surface area contributed by atoms with Crippen molar-refractivity contribution < 1.29 is 4.79 Å². The molecular formula is C11H12N4O2. The fourth-order valence-corrected chi connectivity index (χ4v) is 1.82. The number of carbonyl (C=O) groups is 1. The van der Waals surface area contributed by atoms with E-state index in [2.05, 4.69) is 9.97 Å². The van der Waals surface area contributed by atoms with Gasteiger partial charge < -0.3 is 4.98 Å². The standard InChI is InChI=1S/C11H12N4O2/c1-5-3-6(2)14-10-8(5)9(16)7(4-13-10)11(17)15-12/h3-4H,12H2,1-2H3,(H,15,17)(H,13,14,16). The Morgan fingerprint density at radius 2 is 2.18 bits per heavy atom. The van der Waals surface area contributed by atoms with Crippen molar-refractivity contribution in [1.29, 1.82) is 0 Å². The number of nitrogen functional groups attached to an aromatic ring is 1. The largest absolute Gasteiger partial charge is 0.345 e. The number of hydrazine groups is 1. The summed E-state index contributed by atoms with van der Waals surface area (Å²) in [6.07, 6.45) is 1.32. The Labute approximate surface area is 96.8 Å².